The lowest BCUT2D eigenvalue weighted by Gasteiger charge is -2.37. The fourth-order valence-corrected chi connectivity index (χ4v) is 8.97. The average Bonchev–Trinajstić information content (AvgIpc) is 3.47. The van der Waals surface area contributed by atoms with Gasteiger partial charge in [-0.05, 0) is 37.3 Å². The van der Waals surface area contributed by atoms with E-state index < -0.39 is 33.4 Å². The van der Waals surface area contributed by atoms with Crippen molar-refractivity contribution in [3.05, 3.63) is 71.8 Å². The van der Waals surface area contributed by atoms with Crippen molar-refractivity contribution in [2.24, 2.45) is 11.8 Å². The highest BCUT2D eigenvalue weighted by Crippen LogP contribution is 2.71. The summed E-state index contributed by atoms with van der Waals surface area (Å²) >= 11 is 1.64. The number of likely N-dealkylation sites (tertiary alicyclic amines) is 1. The van der Waals surface area contributed by atoms with Gasteiger partial charge >= 0.3 is 0 Å². The molecule has 2 aromatic rings. The topological polar surface area (TPSA) is 98.7 Å². The maximum absolute atomic E-state index is 14.2. The lowest BCUT2D eigenvalue weighted by Crippen LogP contribution is -2.56. The van der Waals surface area contributed by atoms with Crippen LogP contribution in [0.1, 0.15) is 30.9 Å². The van der Waals surface area contributed by atoms with Crippen LogP contribution in [0.2, 0.25) is 0 Å². The largest absolute Gasteiger partial charge is 0.394 e. The summed E-state index contributed by atoms with van der Waals surface area (Å²) < 4.78 is -1.10. The highest BCUT2D eigenvalue weighted by atomic mass is 32.2. The van der Waals surface area contributed by atoms with Gasteiger partial charge in [0.25, 0.3) is 0 Å². The van der Waals surface area contributed by atoms with Gasteiger partial charge in [-0.1, -0.05) is 60.7 Å². The van der Waals surface area contributed by atoms with E-state index in [1.54, 1.807) is 23.7 Å². The first kappa shape index (κ1) is 24.8. The molecule has 3 saturated heterocycles. The Balaban J connectivity index is 1.52. The first-order chi connectivity index (χ1) is 17.3. The van der Waals surface area contributed by atoms with Crippen LogP contribution in [-0.2, 0) is 27.3 Å². The number of carbonyl (C=O) groups excluding carboxylic acids is 3. The predicted molar refractivity (Wildman–Crippen MR) is 139 cm³/mol. The zero-order valence-electron chi connectivity index (χ0n) is 20.6. The number of hydrogen-bond donors (Lipinski definition) is 3. The van der Waals surface area contributed by atoms with Crippen molar-refractivity contribution in [2.75, 3.05) is 13.7 Å². The molecule has 3 N–H and O–H groups in total. The van der Waals surface area contributed by atoms with Crippen LogP contribution >= 0.6 is 11.8 Å². The molecule has 3 fully saturated rings. The lowest BCUT2D eigenvalue weighted by atomic mass is 9.66. The monoisotopic (exact) mass is 507 g/mol. The summed E-state index contributed by atoms with van der Waals surface area (Å²) in [5, 5.41) is 16.3. The lowest BCUT2D eigenvalue weighted by molar-refractivity contribution is -0.143. The Kier molecular flexibility index (Phi) is 6.59. The van der Waals surface area contributed by atoms with E-state index in [2.05, 4.69) is 17.6 Å². The summed E-state index contributed by atoms with van der Waals surface area (Å²) in [7, 11) is 1.60. The van der Waals surface area contributed by atoms with Crippen LogP contribution in [-0.4, -0.2) is 63.0 Å². The van der Waals surface area contributed by atoms with Gasteiger partial charge in [0.15, 0.2) is 0 Å². The van der Waals surface area contributed by atoms with Gasteiger partial charge in [-0.25, -0.2) is 0 Å². The molecule has 5 rings (SSSR count). The van der Waals surface area contributed by atoms with Crippen molar-refractivity contribution in [3.63, 3.8) is 0 Å². The zero-order valence-corrected chi connectivity index (χ0v) is 21.5. The van der Waals surface area contributed by atoms with Gasteiger partial charge in [-0.15, -0.1) is 11.8 Å². The Morgan fingerprint density at radius 1 is 1.06 bits per heavy atom. The van der Waals surface area contributed by atoms with E-state index in [9.17, 15) is 19.5 Å². The van der Waals surface area contributed by atoms with Crippen LogP contribution in [0.25, 0.3) is 0 Å². The van der Waals surface area contributed by atoms with E-state index in [1.807, 2.05) is 60.7 Å². The molecular formula is C28H33N3O4S. The molecule has 2 aromatic carbocycles. The first-order valence-corrected chi connectivity index (χ1v) is 13.4. The Bertz CT molecular complexity index is 1150. The SMILES string of the molecule is CNC(=O)[C@@H]1[C@H]2C(=O)N([C@@H](CO)Cc3ccccc3)C(C(=O)NCc3ccccc3)C23CC[C@@]1(C)S3. The van der Waals surface area contributed by atoms with E-state index in [0.29, 0.717) is 19.4 Å². The number of aliphatic hydroxyl groups is 1. The molecule has 1 spiro atoms. The van der Waals surface area contributed by atoms with Crippen LogP contribution in [0, 0.1) is 11.8 Å². The number of nitrogens with one attached hydrogen (secondary N) is 2. The molecule has 3 aliphatic heterocycles. The van der Waals surface area contributed by atoms with E-state index in [-0.39, 0.29) is 24.3 Å². The predicted octanol–water partition coefficient (Wildman–Crippen LogP) is 2.13. The average molecular weight is 508 g/mol. The number of benzene rings is 2. The third kappa shape index (κ3) is 3.91. The van der Waals surface area contributed by atoms with E-state index >= 15 is 0 Å². The molecule has 6 atom stereocenters. The quantitative estimate of drug-likeness (QED) is 0.509. The smallest absolute Gasteiger partial charge is 0.244 e. The molecule has 36 heavy (non-hydrogen) atoms. The van der Waals surface area contributed by atoms with Crippen LogP contribution in [0.5, 0.6) is 0 Å². The number of rotatable bonds is 8. The molecule has 0 radical (unpaired) electrons. The molecule has 3 amide bonds. The fourth-order valence-electron chi connectivity index (χ4n) is 6.63. The molecule has 0 aromatic heterocycles. The summed E-state index contributed by atoms with van der Waals surface area (Å²) in [6, 6.07) is 18.0. The van der Waals surface area contributed by atoms with Crippen LogP contribution < -0.4 is 10.6 Å². The molecule has 0 saturated carbocycles. The maximum atomic E-state index is 14.2. The second-order valence-corrected chi connectivity index (χ2v) is 12.2. The molecule has 8 heteroatoms. The number of fused-ring (bicyclic) bond motifs is 1. The molecular weight excluding hydrogens is 474 g/mol. The minimum Gasteiger partial charge on any atom is -0.394 e. The van der Waals surface area contributed by atoms with Crippen LogP contribution in [0.3, 0.4) is 0 Å². The van der Waals surface area contributed by atoms with Crippen molar-refractivity contribution >= 4 is 29.5 Å². The number of nitrogens with zero attached hydrogens (tertiary/aromatic N) is 1. The minimum absolute atomic E-state index is 0.154. The van der Waals surface area contributed by atoms with Gasteiger partial charge in [-0.2, -0.15) is 0 Å². The summed E-state index contributed by atoms with van der Waals surface area (Å²) in [4.78, 5) is 42.8. The number of aliphatic hydroxyl groups excluding tert-OH is 1. The number of carbonyl (C=O) groups is 3. The molecule has 190 valence electrons. The standard InChI is InChI=1S/C28H33N3O4S/c1-27-13-14-28(36-27)22(21(27)24(33)29-2)26(35)31(20(17-32)15-18-9-5-3-6-10-18)23(28)25(34)30-16-19-11-7-4-8-12-19/h3-12,20-23,32H,13-17H2,1-2H3,(H,29,33)(H,30,34)/t20-,21+,22+,23?,27-,28?/m1/s1. The van der Waals surface area contributed by atoms with Crippen molar-refractivity contribution in [2.45, 2.75) is 54.3 Å². The third-order valence-corrected chi connectivity index (χ3v) is 10.2. The van der Waals surface area contributed by atoms with Crippen molar-refractivity contribution in [1.82, 2.24) is 15.5 Å². The Morgan fingerprint density at radius 3 is 2.31 bits per heavy atom. The van der Waals surface area contributed by atoms with Gasteiger partial charge in [-0.3, -0.25) is 14.4 Å². The van der Waals surface area contributed by atoms with Gasteiger partial charge in [0.1, 0.15) is 6.04 Å². The molecule has 7 nitrogen and oxygen atoms in total. The Morgan fingerprint density at radius 2 is 1.69 bits per heavy atom. The second-order valence-electron chi connectivity index (χ2n) is 10.3. The highest BCUT2D eigenvalue weighted by molar-refractivity contribution is 8.02. The molecule has 2 unspecified atom stereocenters. The summed E-state index contributed by atoms with van der Waals surface area (Å²) in [5.74, 6) is -1.69. The Labute approximate surface area is 216 Å². The number of amides is 3. The zero-order chi connectivity index (χ0) is 25.5. The summed E-state index contributed by atoms with van der Waals surface area (Å²) in [6.07, 6.45) is 1.88. The molecule has 2 bridgehead atoms. The summed E-state index contributed by atoms with van der Waals surface area (Å²) in [6.45, 7) is 2.13. The molecule has 0 aliphatic carbocycles. The fraction of sp³-hybridized carbons (Fsp3) is 0.464. The normalized spacial score (nSPS) is 31.2. The van der Waals surface area contributed by atoms with Gasteiger partial charge in [0.2, 0.25) is 17.7 Å². The third-order valence-electron chi connectivity index (χ3n) is 8.22. The number of hydrogen-bond acceptors (Lipinski definition) is 5. The van der Waals surface area contributed by atoms with Crippen molar-refractivity contribution in [3.8, 4) is 0 Å². The second kappa shape index (κ2) is 9.56. The van der Waals surface area contributed by atoms with E-state index in [1.165, 1.54) is 0 Å². The van der Waals surface area contributed by atoms with Gasteiger partial charge in [0, 0.05) is 18.3 Å². The van der Waals surface area contributed by atoms with Crippen molar-refractivity contribution < 1.29 is 19.5 Å². The van der Waals surface area contributed by atoms with E-state index in [4.69, 9.17) is 0 Å². The van der Waals surface area contributed by atoms with Crippen LogP contribution in [0.4, 0.5) is 0 Å². The minimum atomic E-state index is -0.763. The van der Waals surface area contributed by atoms with Crippen molar-refractivity contribution in [1.29, 1.82) is 0 Å². The number of thioether (sulfide) groups is 1. The molecule has 3 aliphatic rings. The van der Waals surface area contributed by atoms with E-state index in [0.717, 1.165) is 17.5 Å². The highest BCUT2D eigenvalue weighted by Gasteiger charge is 2.77. The molecule has 3 heterocycles. The van der Waals surface area contributed by atoms with Crippen LogP contribution in [0.15, 0.2) is 60.7 Å². The maximum Gasteiger partial charge on any atom is 0.244 e. The first-order valence-electron chi connectivity index (χ1n) is 12.5. The summed E-state index contributed by atoms with van der Waals surface area (Å²) in [5.41, 5.74) is 1.95. The van der Waals surface area contributed by atoms with Gasteiger partial charge < -0.3 is 20.6 Å². The van der Waals surface area contributed by atoms with Gasteiger partial charge in [0.05, 0.1) is 29.2 Å². The Hall–Kier alpha value is -2.84.